The van der Waals surface area contributed by atoms with Crippen molar-refractivity contribution >= 4 is 23.3 Å². The Morgan fingerprint density at radius 2 is 1.97 bits per heavy atom. The van der Waals surface area contributed by atoms with Gasteiger partial charge >= 0.3 is 0 Å². The van der Waals surface area contributed by atoms with Gasteiger partial charge in [-0.3, -0.25) is 0 Å². The van der Waals surface area contributed by atoms with Gasteiger partial charge in [0.15, 0.2) is 0 Å². The van der Waals surface area contributed by atoms with Crippen LogP contribution in [0, 0.1) is 13.8 Å². The Labute approximate surface area is 178 Å². The largest absolute Gasteiger partial charge is 0.393 e. The summed E-state index contributed by atoms with van der Waals surface area (Å²) in [5.74, 6) is 0. The first-order valence-electron chi connectivity index (χ1n) is 10.1. The number of hydrogen-bond donors (Lipinski definition) is 2. The average Bonchev–Trinajstić information content (AvgIpc) is 2.71. The van der Waals surface area contributed by atoms with Gasteiger partial charge in [0.05, 0.1) is 6.61 Å². The van der Waals surface area contributed by atoms with Crippen molar-refractivity contribution in [3.05, 3.63) is 93.5 Å². The molecule has 1 aliphatic rings. The first kappa shape index (κ1) is 21.6. The smallest absolute Gasteiger partial charge is 0.109 e. The van der Waals surface area contributed by atoms with Crippen LogP contribution < -0.4 is 0 Å². The van der Waals surface area contributed by atoms with Crippen molar-refractivity contribution in [2.24, 2.45) is 0 Å². The summed E-state index contributed by atoms with van der Waals surface area (Å²) >= 11 is 6.24. The molecule has 0 spiro atoms. The highest BCUT2D eigenvalue weighted by atomic mass is 35.5. The van der Waals surface area contributed by atoms with Gasteiger partial charge in [0.1, 0.15) is 5.60 Å². The van der Waals surface area contributed by atoms with E-state index in [1.807, 2.05) is 30.4 Å². The van der Waals surface area contributed by atoms with E-state index >= 15 is 0 Å². The molecule has 2 aromatic carbocycles. The zero-order valence-corrected chi connectivity index (χ0v) is 17.9. The fraction of sp³-hybridized carbons (Fsp3) is 0.308. The van der Waals surface area contributed by atoms with Gasteiger partial charge in [-0.05, 0) is 73.1 Å². The third kappa shape index (κ3) is 5.93. The summed E-state index contributed by atoms with van der Waals surface area (Å²) in [5, 5.41) is 20.1. The number of aliphatic hydroxyl groups excluding tert-OH is 1. The standard InChI is InChI=1S/C26H29ClO2/c1-19-9-10-22(15-20(19)2)16-23(24-7-4-8-25(27)17-24)6-3-5-21-11-13-26(29,18-28)14-12-21/h4,7-13,15-17,28-29H,3,5-6,14,18H2,1-2H3/t26-/m0/s1. The molecule has 2 N–H and O–H groups in total. The molecule has 3 rings (SSSR count). The normalized spacial score (nSPS) is 19.3. The van der Waals surface area contributed by atoms with Crippen LogP contribution in [0.1, 0.15) is 47.9 Å². The molecule has 0 saturated heterocycles. The topological polar surface area (TPSA) is 40.5 Å². The Bertz CT molecular complexity index is 955. The molecule has 0 heterocycles. The minimum atomic E-state index is -1.10. The zero-order valence-electron chi connectivity index (χ0n) is 17.2. The fourth-order valence-electron chi connectivity index (χ4n) is 3.54. The van der Waals surface area contributed by atoms with Gasteiger partial charge in [-0.15, -0.1) is 0 Å². The summed E-state index contributed by atoms with van der Waals surface area (Å²) in [6, 6.07) is 14.6. The quantitative estimate of drug-likeness (QED) is 0.529. The molecule has 29 heavy (non-hydrogen) atoms. The minimum Gasteiger partial charge on any atom is -0.393 e. The van der Waals surface area contributed by atoms with E-state index in [9.17, 15) is 10.2 Å². The first-order valence-corrected chi connectivity index (χ1v) is 10.5. The van der Waals surface area contributed by atoms with E-state index in [0.29, 0.717) is 6.42 Å². The van der Waals surface area contributed by atoms with Crippen LogP contribution in [0.5, 0.6) is 0 Å². The minimum absolute atomic E-state index is 0.245. The predicted molar refractivity (Wildman–Crippen MR) is 123 cm³/mol. The van der Waals surface area contributed by atoms with Crippen LogP contribution in [0.4, 0.5) is 0 Å². The number of aryl methyl sites for hydroxylation is 2. The maximum atomic E-state index is 10.1. The lowest BCUT2D eigenvalue weighted by Gasteiger charge is -2.24. The van der Waals surface area contributed by atoms with E-state index in [0.717, 1.165) is 29.8 Å². The van der Waals surface area contributed by atoms with E-state index in [-0.39, 0.29) is 6.61 Å². The van der Waals surface area contributed by atoms with Crippen LogP contribution in [-0.2, 0) is 0 Å². The molecule has 3 heteroatoms. The lowest BCUT2D eigenvalue weighted by Crippen LogP contribution is -2.31. The number of allylic oxidation sites excluding steroid dienone is 3. The number of rotatable bonds is 7. The number of halogens is 1. The van der Waals surface area contributed by atoms with Crippen LogP contribution in [0.25, 0.3) is 11.6 Å². The monoisotopic (exact) mass is 408 g/mol. The SMILES string of the molecule is Cc1ccc(C=C(CCCC2=CC[C@](O)(CO)C=C2)c2cccc(Cl)c2)cc1C. The molecule has 2 aromatic rings. The second-order valence-electron chi connectivity index (χ2n) is 7.96. The number of benzene rings is 2. The molecule has 0 amide bonds. The summed E-state index contributed by atoms with van der Waals surface area (Å²) in [6.07, 6.45) is 11.3. The molecule has 0 bridgehead atoms. The van der Waals surface area contributed by atoms with Gasteiger partial charge in [-0.25, -0.2) is 0 Å². The maximum absolute atomic E-state index is 10.1. The van der Waals surface area contributed by atoms with Gasteiger partial charge in [0.2, 0.25) is 0 Å². The molecule has 2 nitrogen and oxygen atoms in total. The van der Waals surface area contributed by atoms with E-state index < -0.39 is 5.60 Å². The lowest BCUT2D eigenvalue weighted by atomic mass is 9.90. The van der Waals surface area contributed by atoms with E-state index in [4.69, 9.17) is 11.6 Å². The van der Waals surface area contributed by atoms with Crippen LogP contribution >= 0.6 is 11.6 Å². The van der Waals surface area contributed by atoms with Crippen LogP contribution in [0.2, 0.25) is 5.02 Å². The summed E-state index contributed by atoms with van der Waals surface area (Å²) in [5.41, 5.74) is 6.32. The predicted octanol–water partition coefficient (Wildman–Crippen LogP) is 6.28. The van der Waals surface area contributed by atoms with Crippen molar-refractivity contribution in [2.75, 3.05) is 6.61 Å². The van der Waals surface area contributed by atoms with Crippen LogP contribution in [0.15, 0.2) is 66.3 Å². The molecule has 0 radical (unpaired) electrons. The highest BCUT2D eigenvalue weighted by molar-refractivity contribution is 6.30. The van der Waals surface area contributed by atoms with Crippen LogP contribution in [0.3, 0.4) is 0 Å². The van der Waals surface area contributed by atoms with Crippen LogP contribution in [-0.4, -0.2) is 22.4 Å². The van der Waals surface area contributed by atoms with Crippen molar-refractivity contribution < 1.29 is 10.2 Å². The summed E-state index contributed by atoms with van der Waals surface area (Å²) in [7, 11) is 0. The Morgan fingerprint density at radius 1 is 1.14 bits per heavy atom. The van der Waals surface area contributed by atoms with Gasteiger partial charge in [0, 0.05) is 11.4 Å². The molecule has 0 aliphatic heterocycles. The molecule has 1 atom stereocenters. The molecular weight excluding hydrogens is 380 g/mol. The molecular formula is C26H29ClO2. The third-order valence-corrected chi connectivity index (χ3v) is 5.81. The molecule has 0 fully saturated rings. The van der Waals surface area contributed by atoms with E-state index in [1.165, 1.54) is 27.8 Å². The van der Waals surface area contributed by atoms with Gasteiger partial charge < -0.3 is 10.2 Å². The third-order valence-electron chi connectivity index (χ3n) is 5.58. The Kier molecular flexibility index (Phi) is 7.13. The summed E-state index contributed by atoms with van der Waals surface area (Å²) in [6.45, 7) is 4.02. The second kappa shape index (κ2) is 9.58. The zero-order chi connectivity index (χ0) is 20.9. The molecule has 1 aliphatic carbocycles. The van der Waals surface area contributed by atoms with Gasteiger partial charge in [-0.2, -0.15) is 0 Å². The molecule has 0 aromatic heterocycles. The number of aliphatic hydroxyl groups is 2. The molecule has 0 saturated carbocycles. The Hall–Kier alpha value is -2.13. The Balaban J connectivity index is 1.75. The number of hydrogen-bond acceptors (Lipinski definition) is 2. The van der Waals surface area contributed by atoms with E-state index in [1.54, 1.807) is 6.08 Å². The summed E-state index contributed by atoms with van der Waals surface area (Å²) in [4.78, 5) is 0. The highest BCUT2D eigenvalue weighted by Crippen LogP contribution is 2.29. The first-order chi connectivity index (χ1) is 13.9. The molecule has 0 unspecified atom stereocenters. The van der Waals surface area contributed by atoms with Crippen molar-refractivity contribution in [2.45, 2.75) is 45.1 Å². The second-order valence-corrected chi connectivity index (χ2v) is 8.39. The van der Waals surface area contributed by atoms with E-state index in [2.05, 4.69) is 44.2 Å². The molecule has 152 valence electrons. The summed E-state index contributed by atoms with van der Waals surface area (Å²) < 4.78 is 0. The van der Waals surface area contributed by atoms with Crippen molar-refractivity contribution in [3.63, 3.8) is 0 Å². The van der Waals surface area contributed by atoms with Crippen molar-refractivity contribution in [1.82, 2.24) is 0 Å². The highest BCUT2D eigenvalue weighted by Gasteiger charge is 2.23. The maximum Gasteiger partial charge on any atom is 0.109 e. The average molecular weight is 409 g/mol. The van der Waals surface area contributed by atoms with Crippen molar-refractivity contribution in [3.8, 4) is 0 Å². The van der Waals surface area contributed by atoms with Crippen molar-refractivity contribution in [1.29, 1.82) is 0 Å². The van der Waals surface area contributed by atoms with Gasteiger partial charge in [0.25, 0.3) is 0 Å². The fourth-order valence-corrected chi connectivity index (χ4v) is 3.73. The Morgan fingerprint density at radius 3 is 2.62 bits per heavy atom. The lowest BCUT2D eigenvalue weighted by molar-refractivity contribution is 0.0287. The van der Waals surface area contributed by atoms with Gasteiger partial charge in [-0.1, -0.05) is 71.8 Å².